The van der Waals surface area contributed by atoms with E-state index in [4.69, 9.17) is 22.1 Å². The summed E-state index contributed by atoms with van der Waals surface area (Å²) in [6.07, 6.45) is 5.99. The Morgan fingerprint density at radius 3 is 2.34 bits per heavy atom. The molecule has 0 aromatic heterocycles. The highest BCUT2D eigenvalue weighted by molar-refractivity contribution is 6.30. The number of rotatable bonds is 5. The summed E-state index contributed by atoms with van der Waals surface area (Å²) in [6.45, 7) is 5.76. The van der Waals surface area contributed by atoms with Gasteiger partial charge in [-0.3, -0.25) is 0 Å². The number of halogens is 1. The van der Waals surface area contributed by atoms with Gasteiger partial charge >= 0.3 is 6.09 Å². The highest BCUT2D eigenvalue weighted by Gasteiger charge is 2.35. The summed E-state index contributed by atoms with van der Waals surface area (Å²) < 4.78 is 5.12. The summed E-state index contributed by atoms with van der Waals surface area (Å²) in [4.78, 5) is 13.3. The van der Waals surface area contributed by atoms with Gasteiger partial charge in [-0.2, -0.15) is 0 Å². The molecule has 0 atom stereocenters. The first-order chi connectivity index (χ1) is 13.9. The number of primary amides is 1. The Kier molecular flexibility index (Phi) is 7.57. The lowest BCUT2D eigenvalue weighted by atomic mass is 10.0. The van der Waals surface area contributed by atoms with E-state index in [9.17, 15) is 4.79 Å². The second kappa shape index (κ2) is 10.1. The number of hydrogen-bond donors (Lipinski definition) is 1. The van der Waals surface area contributed by atoms with Crippen LogP contribution in [0.2, 0.25) is 5.02 Å². The number of benzene rings is 2. The predicted octanol–water partition coefficient (Wildman–Crippen LogP) is 5.01. The largest absolute Gasteiger partial charge is 0.443 e. The molecule has 0 saturated carbocycles. The number of carbonyl (C=O) groups is 1. The van der Waals surface area contributed by atoms with Crippen molar-refractivity contribution in [3.05, 3.63) is 70.2 Å². The van der Waals surface area contributed by atoms with Crippen molar-refractivity contribution in [3.63, 3.8) is 0 Å². The molecule has 1 fully saturated rings. The first-order valence-electron chi connectivity index (χ1n) is 10.5. The zero-order valence-electron chi connectivity index (χ0n) is 17.2. The van der Waals surface area contributed by atoms with E-state index in [1.807, 2.05) is 31.2 Å². The molecule has 2 aliphatic rings. The quantitative estimate of drug-likeness (QED) is 0.748. The number of nitrogens with two attached hydrogens (primary N) is 1. The Balaban J connectivity index is 0.000000166. The molecule has 2 aromatic rings. The number of hydrogen-bond acceptors (Lipinski definition) is 3. The maximum atomic E-state index is 10.7. The molecule has 1 amide bonds. The van der Waals surface area contributed by atoms with Gasteiger partial charge in [0.1, 0.15) is 5.60 Å². The van der Waals surface area contributed by atoms with Crippen LogP contribution in [0.4, 0.5) is 4.79 Å². The molecular formula is C24H31ClN2O2. The van der Waals surface area contributed by atoms with Gasteiger partial charge in [-0.25, -0.2) is 4.79 Å². The highest BCUT2D eigenvalue weighted by Crippen LogP contribution is 2.32. The van der Waals surface area contributed by atoms with Crippen molar-refractivity contribution in [3.8, 4) is 0 Å². The van der Waals surface area contributed by atoms with Gasteiger partial charge in [0.25, 0.3) is 0 Å². The lowest BCUT2D eigenvalue weighted by Crippen LogP contribution is -2.34. The van der Waals surface area contributed by atoms with Crippen LogP contribution in [0.1, 0.15) is 42.9 Å². The van der Waals surface area contributed by atoms with Crippen LogP contribution in [0.3, 0.4) is 0 Å². The fourth-order valence-corrected chi connectivity index (χ4v) is 4.50. The average Bonchev–Trinajstić information content (AvgIpc) is 3.28. The van der Waals surface area contributed by atoms with Gasteiger partial charge in [-0.05, 0) is 81.1 Å². The molecule has 0 radical (unpaired) electrons. The van der Waals surface area contributed by atoms with Crippen molar-refractivity contribution in [2.24, 2.45) is 5.73 Å². The van der Waals surface area contributed by atoms with E-state index in [0.717, 1.165) is 24.3 Å². The topological polar surface area (TPSA) is 55.6 Å². The lowest BCUT2D eigenvalue weighted by Gasteiger charge is -2.22. The van der Waals surface area contributed by atoms with E-state index >= 15 is 0 Å². The monoisotopic (exact) mass is 414 g/mol. The number of aryl methyl sites for hydroxylation is 1. The van der Waals surface area contributed by atoms with Gasteiger partial charge in [0.15, 0.2) is 0 Å². The van der Waals surface area contributed by atoms with E-state index in [1.165, 1.54) is 55.6 Å². The molecular weight excluding hydrogens is 384 g/mol. The number of carbonyl (C=O) groups excluding carboxylic acids is 1. The van der Waals surface area contributed by atoms with Gasteiger partial charge in [0.05, 0.1) is 0 Å². The van der Waals surface area contributed by atoms with Crippen LogP contribution in [0.15, 0.2) is 48.5 Å². The standard InChI is InChI=1S/C13H18ClN.C11H13NO2/c14-13-7-3-5-12(11-13)6-4-10-15-8-1-2-9-15;1-11(14-10(12)13)6-8-4-2-3-5-9(8)7-11/h3,5,7,11H,1-2,4,6,8-10H2;2-5H,6-7H2,1H3,(H2,12,13). The Hall–Kier alpha value is -2.04. The fourth-order valence-electron chi connectivity index (χ4n) is 4.29. The van der Waals surface area contributed by atoms with Crippen LogP contribution in [-0.2, 0) is 24.0 Å². The molecule has 29 heavy (non-hydrogen) atoms. The first kappa shape index (κ1) is 21.7. The van der Waals surface area contributed by atoms with Crippen molar-refractivity contribution >= 4 is 17.7 Å². The van der Waals surface area contributed by atoms with Crippen LogP contribution in [-0.4, -0.2) is 36.2 Å². The predicted molar refractivity (Wildman–Crippen MR) is 118 cm³/mol. The van der Waals surface area contributed by atoms with Crippen molar-refractivity contribution in [1.82, 2.24) is 4.90 Å². The van der Waals surface area contributed by atoms with Crippen LogP contribution in [0.5, 0.6) is 0 Å². The van der Waals surface area contributed by atoms with E-state index in [0.29, 0.717) is 0 Å². The summed E-state index contributed by atoms with van der Waals surface area (Å²) in [5.41, 5.74) is 8.44. The van der Waals surface area contributed by atoms with E-state index in [-0.39, 0.29) is 0 Å². The van der Waals surface area contributed by atoms with Gasteiger partial charge in [-0.1, -0.05) is 48.0 Å². The van der Waals surface area contributed by atoms with E-state index in [2.05, 4.69) is 29.2 Å². The third-order valence-electron chi connectivity index (χ3n) is 5.62. The Morgan fingerprint density at radius 2 is 1.76 bits per heavy atom. The molecule has 0 spiro atoms. The molecule has 4 rings (SSSR count). The smallest absolute Gasteiger partial charge is 0.405 e. The van der Waals surface area contributed by atoms with Crippen LogP contribution in [0, 0.1) is 0 Å². The van der Waals surface area contributed by atoms with Crippen molar-refractivity contribution < 1.29 is 9.53 Å². The van der Waals surface area contributed by atoms with Crippen LogP contribution in [0.25, 0.3) is 0 Å². The maximum absolute atomic E-state index is 10.7. The number of ether oxygens (including phenoxy) is 1. The minimum absolute atomic E-state index is 0.449. The van der Waals surface area contributed by atoms with Crippen molar-refractivity contribution in [1.29, 1.82) is 0 Å². The summed E-state index contributed by atoms with van der Waals surface area (Å²) in [7, 11) is 0. The second-order valence-electron chi connectivity index (χ2n) is 8.28. The molecule has 0 bridgehead atoms. The lowest BCUT2D eigenvalue weighted by molar-refractivity contribution is 0.0395. The SMILES string of the molecule is CC1(OC(N)=O)Cc2ccccc2C1.Clc1cccc(CCCN2CCCC2)c1. The minimum atomic E-state index is -0.694. The fraction of sp³-hybridized carbons (Fsp3) is 0.458. The molecule has 156 valence electrons. The van der Waals surface area contributed by atoms with Gasteiger partial charge < -0.3 is 15.4 Å². The number of fused-ring (bicyclic) bond motifs is 1. The third-order valence-corrected chi connectivity index (χ3v) is 5.86. The summed E-state index contributed by atoms with van der Waals surface area (Å²) >= 11 is 5.94. The van der Waals surface area contributed by atoms with Gasteiger partial charge in [0, 0.05) is 17.9 Å². The minimum Gasteiger partial charge on any atom is -0.443 e. The van der Waals surface area contributed by atoms with Gasteiger partial charge in [0.2, 0.25) is 0 Å². The molecule has 1 saturated heterocycles. The molecule has 0 unspecified atom stereocenters. The number of nitrogens with zero attached hydrogens (tertiary/aromatic N) is 1. The molecule has 4 nitrogen and oxygen atoms in total. The molecule has 1 heterocycles. The van der Waals surface area contributed by atoms with E-state index < -0.39 is 11.7 Å². The zero-order valence-corrected chi connectivity index (χ0v) is 18.0. The Labute approximate surface area is 179 Å². The summed E-state index contributed by atoms with van der Waals surface area (Å²) in [5, 5.41) is 0.855. The van der Waals surface area contributed by atoms with Gasteiger partial charge in [-0.15, -0.1) is 0 Å². The van der Waals surface area contributed by atoms with Crippen LogP contribution < -0.4 is 5.73 Å². The normalized spacial score (nSPS) is 17.3. The van der Waals surface area contributed by atoms with E-state index in [1.54, 1.807) is 0 Å². The zero-order chi connectivity index (χ0) is 20.7. The van der Waals surface area contributed by atoms with Crippen LogP contribution >= 0.6 is 11.6 Å². The third kappa shape index (κ3) is 6.76. The number of likely N-dealkylation sites (tertiary alicyclic amines) is 1. The second-order valence-corrected chi connectivity index (χ2v) is 8.71. The molecule has 1 aliphatic heterocycles. The molecule has 2 N–H and O–H groups in total. The van der Waals surface area contributed by atoms with Crippen molar-refractivity contribution in [2.45, 2.75) is 51.0 Å². The Morgan fingerprint density at radius 1 is 1.10 bits per heavy atom. The highest BCUT2D eigenvalue weighted by atomic mass is 35.5. The molecule has 5 heteroatoms. The molecule has 2 aromatic carbocycles. The number of amides is 1. The Bertz CT molecular complexity index is 793. The summed E-state index contributed by atoms with van der Waals surface area (Å²) in [5.74, 6) is 0. The summed E-state index contributed by atoms with van der Waals surface area (Å²) in [6, 6.07) is 16.3. The maximum Gasteiger partial charge on any atom is 0.405 e. The van der Waals surface area contributed by atoms with Crippen molar-refractivity contribution in [2.75, 3.05) is 19.6 Å². The molecule has 1 aliphatic carbocycles. The average molecular weight is 415 g/mol. The first-order valence-corrected chi connectivity index (χ1v) is 10.8.